The van der Waals surface area contributed by atoms with Gasteiger partial charge in [0, 0.05) is 23.7 Å². The quantitative estimate of drug-likeness (QED) is 0.589. The van der Waals surface area contributed by atoms with Crippen LogP contribution in [-0.2, 0) is 14.3 Å². The summed E-state index contributed by atoms with van der Waals surface area (Å²) in [5.41, 5.74) is 0.535. The summed E-state index contributed by atoms with van der Waals surface area (Å²) in [4.78, 5) is 38.8. The Balaban J connectivity index is 1.43. The Hall–Kier alpha value is -3.17. The number of anilines is 1. The molecule has 0 saturated carbocycles. The molecule has 8 nitrogen and oxygen atoms in total. The summed E-state index contributed by atoms with van der Waals surface area (Å²) in [5, 5.41) is 2.99. The Morgan fingerprint density at radius 3 is 2.85 bits per heavy atom. The minimum atomic E-state index is -0.681. The fraction of sp³-hybridized carbons (Fsp3) is 0.348. The van der Waals surface area contributed by atoms with Gasteiger partial charge in [0.05, 0.1) is 11.8 Å². The number of carbonyl (C=O) groups excluding carboxylic acids is 3. The maximum atomic E-state index is 13.9. The summed E-state index contributed by atoms with van der Waals surface area (Å²) in [6, 6.07) is 8.41. The molecule has 1 unspecified atom stereocenters. The van der Waals surface area contributed by atoms with Gasteiger partial charge < -0.3 is 19.5 Å². The number of nitrogens with zero attached hydrogens (tertiary/aromatic N) is 1. The predicted octanol–water partition coefficient (Wildman–Crippen LogP) is 2.76. The summed E-state index contributed by atoms with van der Waals surface area (Å²) < 4.78 is 30.1. The summed E-state index contributed by atoms with van der Waals surface area (Å²) >= 11 is 5.72. The lowest BCUT2D eigenvalue weighted by Gasteiger charge is -2.29. The number of ketones is 1. The Kier molecular flexibility index (Phi) is 7.10. The lowest BCUT2D eigenvalue weighted by molar-refractivity contribution is -0.125. The first-order valence-corrected chi connectivity index (χ1v) is 10.8. The largest absolute Gasteiger partial charge is 0.482 e. The molecular weight excluding hydrogens is 455 g/mol. The van der Waals surface area contributed by atoms with Crippen LogP contribution in [-0.4, -0.2) is 56.6 Å². The molecule has 2 aliphatic heterocycles. The zero-order chi connectivity index (χ0) is 23.4. The van der Waals surface area contributed by atoms with E-state index < -0.39 is 24.1 Å². The van der Waals surface area contributed by atoms with Gasteiger partial charge in [-0.3, -0.25) is 19.3 Å². The number of amides is 2. The SMILES string of the molecule is O=C(CN1C(=O)COc2ccc(C(=O)COc3ccc(Cl)cc3F)cc21)NCC1CCCO1. The number of fused-ring (bicyclic) bond motifs is 1. The fourth-order valence-corrected chi connectivity index (χ4v) is 3.76. The third-order valence-electron chi connectivity index (χ3n) is 5.33. The number of Topliss-reactive ketones (excluding diaryl/α,β-unsaturated/α-hetero) is 1. The van der Waals surface area contributed by atoms with Crippen molar-refractivity contribution in [1.82, 2.24) is 5.32 Å². The van der Waals surface area contributed by atoms with Crippen molar-refractivity contribution in [2.75, 3.05) is 37.8 Å². The second-order valence-corrected chi connectivity index (χ2v) is 8.11. The van der Waals surface area contributed by atoms with E-state index in [4.69, 9.17) is 25.8 Å². The number of rotatable bonds is 8. The second kappa shape index (κ2) is 10.2. The molecule has 2 aliphatic rings. The molecule has 2 heterocycles. The number of carbonyl (C=O) groups is 3. The van der Waals surface area contributed by atoms with E-state index in [1.165, 1.54) is 29.2 Å². The van der Waals surface area contributed by atoms with Crippen LogP contribution in [0.3, 0.4) is 0 Å². The zero-order valence-electron chi connectivity index (χ0n) is 17.6. The van der Waals surface area contributed by atoms with Crippen LogP contribution in [0.25, 0.3) is 0 Å². The van der Waals surface area contributed by atoms with Gasteiger partial charge in [-0.05, 0) is 49.2 Å². The van der Waals surface area contributed by atoms with Crippen LogP contribution < -0.4 is 19.7 Å². The number of halogens is 2. The predicted molar refractivity (Wildman–Crippen MR) is 118 cm³/mol. The van der Waals surface area contributed by atoms with Crippen molar-refractivity contribution in [2.24, 2.45) is 0 Å². The smallest absolute Gasteiger partial charge is 0.265 e. The standard InChI is InChI=1S/C23H22ClFN2O6/c24-15-4-6-20(17(25)9-15)32-12-19(28)14-3-5-21-18(8-14)27(23(30)13-33-21)11-22(29)26-10-16-2-1-7-31-16/h3-6,8-9,16H,1-2,7,10-13H2,(H,26,29). The maximum Gasteiger partial charge on any atom is 0.265 e. The molecule has 33 heavy (non-hydrogen) atoms. The highest BCUT2D eigenvalue weighted by Crippen LogP contribution is 2.33. The highest BCUT2D eigenvalue weighted by atomic mass is 35.5. The average molecular weight is 477 g/mol. The van der Waals surface area contributed by atoms with Crippen molar-refractivity contribution in [2.45, 2.75) is 18.9 Å². The molecule has 174 valence electrons. The molecule has 0 aliphatic carbocycles. The van der Waals surface area contributed by atoms with E-state index >= 15 is 0 Å². The molecule has 4 rings (SSSR count). The molecule has 2 aromatic rings. The van der Waals surface area contributed by atoms with E-state index in [2.05, 4.69) is 5.32 Å². The van der Waals surface area contributed by atoms with E-state index in [-0.39, 0.29) is 41.5 Å². The van der Waals surface area contributed by atoms with Gasteiger partial charge in [0.15, 0.2) is 30.6 Å². The highest BCUT2D eigenvalue weighted by molar-refractivity contribution is 6.30. The first kappa shape index (κ1) is 23.0. The van der Waals surface area contributed by atoms with Gasteiger partial charge in [-0.1, -0.05) is 11.6 Å². The number of ether oxygens (including phenoxy) is 3. The number of hydrogen-bond donors (Lipinski definition) is 1. The van der Waals surface area contributed by atoms with Gasteiger partial charge in [0.25, 0.3) is 5.91 Å². The third-order valence-corrected chi connectivity index (χ3v) is 5.56. The van der Waals surface area contributed by atoms with Crippen LogP contribution in [0.1, 0.15) is 23.2 Å². The molecule has 0 spiro atoms. The van der Waals surface area contributed by atoms with Gasteiger partial charge in [0.2, 0.25) is 5.91 Å². The minimum Gasteiger partial charge on any atom is -0.482 e. The van der Waals surface area contributed by atoms with Crippen molar-refractivity contribution in [3.05, 3.63) is 52.8 Å². The summed E-state index contributed by atoms with van der Waals surface area (Å²) in [7, 11) is 0. The van der Waals surface area contributed by atoms with E-state index in [0.29, 0.717) is 24.6 Å². The topological polar surface area (TPSA) is 94.2 Å². The molecule has 1 fully saturated rings. The van der Waals surface area contributed by atoms with Crippen molar-refractivity contribution >= 4 is 34.9 Å². The summed E-state index contributed by atoms with van der Waals surface area (Å²) in [5.74, 6) is -1.59. The fourth-order valence-electron chi connectivity index (χ4n) is 3.60. The molecule has 2 amide bonds. The van der Waals surface area contributed by atoms with Crippen LogP contribution in [0.4, 0.5) is 10.1 Å². The first-order valence-electron chi connectivity index (χ1n) is 10.5. The van der Waals surface area contributed by atoms with Gasteiger partial charge in [-0.15, -0.1) is 0 Å². The average Bonchev–Trinajstić information content (AvgIpc) is 3.32. The van der Waals surface area contributed by atoms with E-state index in [1.54, 1.807) is 6.07 Å². The Morgan fingerprint density at radius 2 is 2.09 bits per heavy atom. The van der Waals surface area contributed by atoms with Gasteiger partial charge in [-0.2, -0.15) is 0 Å². The molecule has 0 radical (unpaired) electrons. The van der Waals surface area contributed by atoms with Crippen molar-refractivity contribution in [3.63, 3.8) is 0 Å². The molecular formula is C23H22ClFN2O6. The number of benzene rings is 2. The van der Waals surface area contributed by atoms with Crippen LogP contribution in [0.2, 0.25) is 5.02 Å². The second-order valence-electron chi connectivity index (χ2n) is 7.68. The van der Waals surface area contributed by atoms with Crippen molar-refractivity contribution in [1.29, 1.82) is 0 Å². The Bertz CT molecular complexity index is 1070. The first-order chi connectivity index (χ1) is 15.9. The molecule has 1 N–H and O–H groups in total. The monoisotopic (exact) mass is 476 g/mol. The molecule has 0 aromatic heterocycles. The lowest BCUT2D eigenvalue weighted by atomic mass is 10.1. The molecule has 0 bridgehead atoms. The van der Waals surface area contributed by atoms with Crippen LogP contribution in [0, 0.1) is 5.82 Å². The van der Waals surface area contributed by atoms with E-state index in [1.807, 2.05) is 0 Å². The Labute approximate surface area is 194 Å². The Morgan fingerprint density at radius 1 is 1.24 bits per heavy atom. The van der Waals surface area contributed by atoms with Gasteiger partial charge in [0.1, 0.15) is 12.3 Å². The summed E-state index contributed by atoms with van der Waals surface area (Å²) in [6.07, 6.45) is 1.82. The zero-order valence-corrected chi connectivity index (χ0v) is 18.4. The van der Waals surface area contributed by atoms with Crippen LogP contribution >= 0.6 is 11.6 Å². The van der Waals surface area contributed by atoms with Crippen molar-refractivity contribution in [3.8, 4) is 11.5 Å². The third kappa shape index (κ3) is 5.61. The van der Waals surface area contributed by atoms with Gasteiger partial charge >= 0.3 is 0 Å². The number of nitrogens with one attached hydrogen (secondary N) is 1. The van der Waals surface area contributed by atoms with Gasteiger partial charge in [-0.25, -0.2) is 4.39 Å². The molecule has 1 atom stereocenters. The van der Waals surface area contributed by atoms with Crippen LogP contribution in [0.5, 0.6) is 11.5 Å². The molecule has 2 aromatic carbocycles. The molecule has 1 saturated heterocycles. The number of hydrogen-bond acceptors (Lipinski definition) is 6. The maximum absolute atomic E-state index is 13.9. The van der Waals surface area contributed by atoms with E-state index in [0.717, 1.165) is 18.9 Å². The minimum absolute atomic E-state index is 0.0173. The summed E-state index contributed by atoms with van der Waals surface area (Å²) in [6.45, 7) is 0.209. The van der Waals surface area contributed by atoms with Crippen molar-refractivity contribution < 1.29 is 33.0 Å². The van der Waals surface area contributed by atoms with E-state index in [9.17, 15) is 18.8 Å². The molecule has 10 heteroatoms. The highest BCUT2D eigenvalue weighted by Gasteiger charge is 2.29. The van der Waals surface area contributed by atoms with Crippen LogP contribution in [0.15, 0.2) is 36.4 Å². The normalized spacial score (nSPS) is 17.3. The lowest BCUT2D eigenvalue weighted by Crippen LogP contribution is -2.46.